The van der Waals surface area contributed by atoms with Crippen LogP contribution in [-0.4, -0.2) is 17.0 Å². The van der Waals surface area contributed by atoms with Crippen LogP contribution in [0.3, 0.4) is 0 Å². The lowest BCUT2D eigenvalue weighted by molar-refractivity contribution is -0.125. The Balaban J connectivity index is 1.76. The van der Waals surface area contributed by atoms with E-state index in [2.05, 4.69) is 4.98 Å². The fraction of sp³-hybridized carbons (Fsp3) is 0.200. The van der Waals surface area contributed by atoms with Crippen molar-refractivity contribution in [3.05, 3.63) is 62.4 Å². The van der Waals surface area contributed by atoms with Gasteiger partial charge in [0.1, 0.15) is 5.75 Å². The molecule has 0 aliphatic carbocycles. The first kappa shape index (κ1) is 18.3. The molecule has 0 saturated carbocycles. The lowest BCUT2D eigenvalue weighted by Crippen LogP contribution is -2.44. The molecule has 2 heterocycles. The van der Waals surface area contributed by atoms with E-state index in [9.17, 15) is 4.79 Å². The molecule has 0 spiro atoms. The molecule has 1 aliphatic rings. The van der Waals surface area contributed by atoms with Gasteiger partial charge >= 0.3 is 0 Å². The minimum Gasteiger partial charge on any atom is -0.479 e. The molecule has 2 aromatic carbocycles. The van der Waals surface area contributed by atoms with Gasteiger partial charge in [-0.1, -0.05) is 29.3 Å². The van der Waals surface area contributed by atoms with Crippen LogP contribution in [0.5, 0.6) is 5.75 Å². The van der Waals surface area contributed by atoms with Crippen molar-refractivity contribution in [1.29, 1.82) is 0 Å². The fourth-order valence-corrected chi connectivity index (χ4v) is 4.14. The first-order valence-corrected chi connectivity index (χ1v) is 10.0. The van der Waals surface area contributed by atoms with E-state index in [-0.39, 0.29) is 5.91 Å². The number of aromatic nitrogens is 1. The minimum absolute atomic E-state index is 0.111. The Bertz CT molecular complexity index is 1030. The normalized spacial score (nSPS) is 16.2. The Morgan fingerprint density at radius 3 is 2.74 bits per heavy atom. The molecule has 1 aliphatic heterocycles. The Kier molecular flexibility index (Phi) is 4.84. The summed E-state index contributed by atoms with van der Waals surface area (Å²) in [6.45, 7) is 4.06. The topological polar surface area (TPSA) is 42.4 Å². The van der Waals surface area contributed by atoms with E-state index >= 15 is 0 Å². The third kappa shape index (κ3) is 3.55. The Labute approximate surface area is 171 Å². The van der Waals surface area contributed by atoms with Gasteiger partial charge in [0, 0.05) is 21.0 Å². The maximum atomic E-state index is 12.8. The molecule has 1 atom stereocenters. The summed E-state index contributed by atoms with van der Waals surface area (Å²) in [6.07, 6.45) is -0.559. The molecule has 0 radical (unpaired) electrons. The third-order valence-electron chi connectivity index (χ3n) is 4.43. The quantitative estimate of drug-likeness (QED) is 0.544. The van der Waals surface area contributed by atoms with Crippen LogP contribution in [0.1, 0.15) is 17.5 Å². The smallest absolute Gasteiger partial charge is 0.268 e. The van der Waals surface area contributed by atoms with Crippen molar-refractivity contribution in [2.45, 2.75) is 26.5 Å². The van der Waals surface area contributed by atoms with Gasteiger partial charge in [0.2, 0.25) is 0 Å². The number of amides is 1. The molecule has 1 aromatic heterocycles. The van der Waals surface area contributed by atoms with E-state index in [1.807, 2.05) is 36.6 Å². The highest BCUT2D eigenvalue weighted by Crippen LogP contribution is 2.39. The van der Waals surface area contributed by atoms with E-state index in [0.29, 0.717) is 28.0 Å². The second kappa shape index (κ2) is 7.15. The van der Waals surface area contributed by atoms with E-state index < -0.39 is 6.10 Å². The molecule has 4 nitrogen and oxygen atoms in total. The SMILES string of the molecule is Cc1nc(-c2ccc3c(c2)N(Cc2ccc(Cl)cc2Cl)C(=O)C(C)O3)cs1. The second-order valence-corrected chi connectivity index (χ2v) is 8.26. The number of nitrogens with zero attached hydrogens (tertiary/aromatic N) is 2. The summed E-state index contributed by atoms with van der Waals surface area (Å²) in [5.41, 5.74) is 3.36. The highest BCUT2D eigenvalue weighted by molar-refractivity contribution is 7.09. The van der Waals surface area contributed by atoms with Gasteiger partial charge in [0.25, 0.3) is 5.91 Å². The van der Waals surface area contributed by atoms with E-state index in [1.165, 1.54) is 0 Å². The first-order valence-electron chi connectivity index (χ1n) is 8.41. The van der Waals surface area contributed by atoms with Crippen LogP contribution in [0.15, 0.2) is 41.8 Å². The zero-order chi connectivity index (χ0) is 19.1. The molecule has 138 valence electrons. The summed E-state index contributed by atoms with van der Waals surface area (Å²) in [6, 6.07) is 11.1. The van der Waals surface area contributed by atoms with Gasteiger partial charge < -0.3 is 9.64 Å². The lowest BCUT2D eigenvalue weighted by Gasteiger charge is -2.33. The zero-order valence-corrected chi connectivity index (χ0v) is 17.0. The number of halogens is 2. The fourth-order valence-electron chi connectivity index (χ4n) is 3.05. The summed E-state index contributed by atoms with van der Waals surface area (Å²) in [5.74, 6) is 0.558. The van der Waals surface area contributed by atoms with E-state index in [1.54, 1.807) is 35.3 Å². The van der Waals surface area contributed by atoms with Crippen LogP contribution in [0.25, 0.3) is 11.3 Å². The van der Waals surface area contributed by atoms with Crippen molar-refractivity contribution in [1.82, 2.24) is 4.98 Å². The molecule has 1 unspecified atom stereocenters. The predicted molar refractivity (Wildman–Crippen MR) is 110 cm³/mol. The maximum absolute atomic E-state index is 12.8. The highest BCUT2D eigenvalue weighted by atomic mass is 35.5. The molecule has 7 heteroatoms. The summed E-state index contributed by atoms with van der Waals surface area (Å²) in [7, 11) is 0. The van der Waals surface area contributed by atoms with Crippen molar-refractivity contribution >= 4 is 46.1 Å². The van der Waals surface area contributed by atoms with Gasteiger partial charge in [0.15, 0.2) is 6.10 Å². The summed E-state index contributed by atoms with van der Waals surface area (Å²) in [4.78, 5) is 19.1. The van der Waals surface area contributed by atoms with Crippen molar-refractivity contribution in [3.63, 3.8) is 0 Å². The Hall–Kier alpha value is -2.08. The standard InChI is InChI=1S/C20H16Cl2N2O2S/c1-11-20(25)24(9-14-3-5-15(21)8-16(14)22)18-7-13(4-6-19(18)26-11)17-10-27-12(2)23-17/h3-8,10-11H,9H2,1-2H3. The number of fused-ring (bicyclic) bond motifs is 1. The number of anilines is 1. The minimum atomic E-state index is -0.559. The number of thiazole rings is 1. The largest absolute Gasteiger partial charge is 0.479 e. The molecule has 1 amide bonds. The van der Waals surface area contributed by atoms with Gasteiger partial charge in [-0.15, -0.1) is 11.3 Å². The number of rotatable bonds is 3. The molecule has 0 bridgehead atoms. The molecule has 0 N–H and O–H groups in total. The molecule has 0 saturated heterocycles. The van der Waals surface area contributed by atoms with Gasteiger partial charge in [-0.05, 0) is 49.7 Å². The van der Waals surface area contributed by atoms with Gasteiger partial charge in [-0.25, -0.2) is 4.98 Å². The van der Waals surface area contributed by atoms with Gasteiger partial charge in [0.05, 0.1) is 22.9 Å². The lowest BCUT2D eigenvalue weighted by atomic mass is 10.1. The first-order chi connectivity index (χ1) is 12.9. The number of aryl methyl sites for hydroxylation is 1. The molecule has 27 heavy (non-hydrogen) atoms. The number of carbonyl (C=O) groups is 1. The Morgan fingerprint density at radius 2 is 2.04 bits per heavy atom. The van der Waals surface area contributed by atoms with Crippen LogP contribution < -0.4 is 9.64 Å². The summed E-state index contributed by atoms with van der Waals surface area (Å²) >= 11 is 13.9. The van der Waals surface area contributed by atoms with Crippen LogP contribution in [0.2, 0.25) is 10.0 Å². The molecule has 0 fully saturated rings. The van der Waals surface area contributed by atoms with E-state index in [0.717, 1.165) is 21.8 Å². The van der Waals surface area contributed by atoms with Crippen LogP contribution in [0.4, 0.5) is 5.69 Å². The van der Waals surface area contributed by atoms with Crippen molar-refractivity contribution in [2.75, 3.05) is 4.90 Å². The summed E-state index contributed by atoms with van der Waals surface area (Å²) in [5, 5.41) is 4.09. The molecule has 3 aromatic rings. The average molecular weight is 419 g/mol. The number of carbonyl (C=O) groups excluding carboxylic acids is 1. The van der Waals surface area contributed by atoms with Crippen molar-refractivity contribution in [2.24, 2.45) is 0 Å². The number of hydrogen-bond donors (Lipinski definition) is 0. The van der Waals surface area contributed by atoms with Crippen LogP contribution in [0, 0.1) is 6.92 Å². The van der Waals surface area contributed by atoms with E-state index in [4.69, 9.17) is 27.9 Å². The van der Waals surface area contributed by atoms with Gasteiger partial charge in [-0.3, -0.25) is 4.79 Å². The zero-order valence-electron chi connectivity index (χ0n) is 14.7. The second-order valence-electron chi connectivity index (χ2n) is 6.35. The molecular formula is C20H16Cl2N2O2S. The highest BCUT2D eigenvalue weighted by Gasteiger charge is 2.32. The predicted octanol–water partition coefficient (Wildman–Crippen LogP) is 5.74. The maximum Gasteiger partial charge on any atom is 0.268 e. The molecule has 4 rings (SSSR count). The van der Waals surface area contributed by atoms with Gasteiger partial charge in [-0.2, -0.15) is 0 Å². The number of benzene rings is 2. The van der Waals surface area contributed by atoms with Crippen molar-refractivity contribution in [3.8, 4) is 17.0 Å². The number of hydrogen-bond acceptors (Lipinski definition) is 4. The average Bonchev–Trinajstić information content (AvgIpc) is 3.07. The van der Waals surface area contributed by atoms with Crippen molar-refractivity contribution < 1.29 is 9.53 Å². The monoisotopic (exact) mass is 418 g/mol. The number of ether oxygens (including phenoxy) is 1. The molecular weight excluding hydrogens is 403 g/mol. The summed E-state index contributed by atoms with van der Waals surface area (Å²) < 4.78 is 5.79. The third-order valence-corrected chi connectivity index (χ3v) is 5.79. The van der Waals surface area contributed by atoms with Crippen LogP contribution >= 0.6 is 34.5 Å². The van der Waals surface area contributed by atoms with Crippen LogP contribution in [-0.2, 0) is 11.3 Å². The Morgan fingerprint density at radius 1 is 1.22 bits per heavy atom.